The minimum atomic E-state index is -0.252. The summed E-state index contributed by atoms with van der Waals surface area (Å²) in [5.41, 5.74) is 5.06. The van der Waals surface area contributed by atoms with Crippen LogP contribution in [0.5, 0.6) is 0 Å². The third kappa shape index (κ3) is 4.38. The van der Waals surface area contributed by atoms with Crippen LogP contribution in [0.4, 0.5) is 4.39 Å². The molecule has 20 heavy (non-hydrogen) atoms. The lowest BCUT2D eigenvalue weighted by Crippen LogP contribution is -2.38. The van der Waals surface area contributed by atoms with Gasteiger partial charge in [-0.15, -0.1) is 0 Å². The zero-order chi connectivity index (χ0) is 14.5. The van der Waals surface area contributed by atoms with Crippen LogP contribution in [0.3, 0.4) is 0 Å². The molecular formula is C15H15Br2FN2. The van der Waals surface area contributed by atoms with Crippen molar-refractivity contribution in [2.24, 2.45) is 5.84 Å². The summed E-state index contributed by atoms with van der Waals surface area (Å²) in [4.78, 5) is 0. The molecule has 2 aromatic carbocycles. The maximum atomic E-state index is 13.2. The van der Waals surface area contributed by atoms with E-state index in [9.17, 15) is 4.39 Å². The molecule has 1 unspecified atom stereocenters. The van der Waals surface area contributed by atoms with Gasteiger partial charge < -0.3 is 0 Å². The standard InChI is InChI=1S/C15H15Br2FN2/c16-12-3-1-2-10(6-12)7-13(20-19)8-11-4-5-15(18)14(17)9-11/h1-6,9,13,20H,7-8,19H2. The number of benzene rings is 2. The predicted octanol–water partition coefficient (Wildman–Crippen LogP) is 3.97. The van der Waals surface area contributed by atoms with Gasteiger partial charge in [-0.1, -0.05) is 34.1 Å². The van der Waals surface area contributed by atoms with Gasteiger partial charge in [-0.2, -0.15) is 0 Å². The second-order valence-electron chi connectivity index (χ2n) is 4.65. The van der Waals surface area contributed by atoms with Crippen molar-refractivity contribution in [3.63, 3.8) is 0 Å². The van der Waals surface area contributed by atoms with E-state index in [1.54, 1.807) is 12.1 Å². The molecule has 0 spiro atoms. The number of halogens is 3. The van der Waals surface area contributed by atoms with Crippen molar-refractivity contribution in [1.82, 2.24) is 5.43 Å². The van der Waals surface area contributed by atoms with Gasteiger partial charge in [-0.25, -0.2) is 4.39 Å². The summed E-state index contributed by atoms with van der Waals surface area (Å²) < 4.78 is 14.7. The van der Waals surface area contributed by atoms with Gasteiger partial charge in [0.05, 0.1) is 4.47 Å². The number of nitrogens with two attached hydrogens (primary N) is 1. The van der Waals surface area contributed by atoms with Gasteiger partial charge >= 0.3 is 0 Å². The molecule has 0 amide bonds. The number of hydrogen-bond acceptors (Lipinski definition) is 2. The van der Waals surface area contributed by atoms with Gasteiger partial charge in [0.1, 0.15) is 5.82 Å². The van der Waals surface area contributed by atoms with Crippen LogP contribution in [0.15, 0.2) is 51.4 Å². The Bertz CT molecular complexity index is 590. The first-order valence-electron chi connectivity index (χ1n) is 6.23. The van der Waals surface area contributed by atoms with E-state index in [1.165, 1.54) is 11.6 Å². The summed E-state index contributed by atoms with van der Waals surface area (Å²) in [6, 6.07) is 13.3. The van der Waals surface area contributed by atoms with Gasteiger partial charge in [0, 0.05) is 10.5 Å². The summed E-state index contributed by atoms with van der Waals surface area (Å²) in [5.74, 6) is 5.38. The van der Waals surface area contributed by atoms with Crippen LogP contribution in [-0.4, -0.2) is 6.04 Å². The molecule has 0 aromatic heterocycles. The number of nitrogens with one attached hydrogen (secondary N) is 1. The van der Waals surface area contributed by atoms with E-state index in [4.69, 9.17) is 5.84 Å². The summed E-state index contributed by atoms with van der Waals surface area (Å²) in [5, 5.41) is 0. The molecule has 0 heterocycles. The zero-order valence-corrected chi connectivity index (χ0v) is 13.9. The van der Waals surface area contributed by atoms with E-state index in [1.807, 2.05) is 12.1 Å². The molecule has 106 valence electrons. The molecule has 2 aromatic rings. The average Bonchev–Trinajstić information content (AvgIpc) is 2.42. The van der Waals surface area contributed by atoms with Crippen LogP contribution in [0.2, 0.25) is 0 Å². The highest BCUT2D eigenvalue weighted by molar-refractivity contribution is 9.10. The van der Waals surface area contributed by atoms with E-state index in [0.717, 1.165) is 22.9 Å². The largest absolute Gasteiger partial charge is 0.271 e. The van der Waals surface area contributed by atoms with E-state index in [2.05, 4.69) is 49.4 Å². The van der Waals surface area contributed by atoms with Crippen LogP contribution in [0, 0.1) is 5.82 Å². The highest BCUT2D eigenvalue weighted by atomic mass is 79.9. The summed E-state index contributed by atoms with van der Waals surface area (Å²) in [6.45, 7) is 0. The molecule has 0 aliphatic rings. The van der Waals surface area contributed by atoms with E-state index < -0.39 is 0 Å². The van der Waals surface area contributed by atoms with Crippen molar-refractivity contribution >= 4 is 31.9 Å². The molecule has 0 fully saturated rings. The second kappa shape index (κ2) is 7.31. The van der Waals surface area contributed by atoms with Gasteiger partial charge in [-0.3, -0.25) is 11.3 Å². The lowest BCUT2D eigenvalue weighted by atomic mass is 9.99. The molecule has 0 bridgehead atoms. The van der Waals surface area contributed by atoms with Gasteiger partial charge in [0.25, 0.3) is 0 Å². The monoisotopic (exact) mass is 400 g/mol. The SMILES string of the molecule is NNC(Cc1cccc(Br)c1)Cc1ccc(F)c(Br)c1. The molecular weight excluding hydrogens is 387 g/mol. The maximum absolute atomic E-state index is 13.2. The Kier molecular flexibility index (Phi) is 5.72. The Morgan fingerprint density at radius 3 is 2.35 bits per heavy atom. The van der Waals surface area contributed by atoms with Crippen molar-refractivity contribution < 1.29 is 4.39 Å². The summed E-state index contributed by atoms with van der Waals surface area (Å²) >= 11 is 6.66. The highest BCUT2D eigenvalue weighted by Gasteiger charge is 2.10. The topological polar surface area (TPSA) is 38.0 Å². The Labute approximate surface area is 134 Å². The van der Waals surface area contributed by atoms with Crippen molar-refractivity contribution in [3.05, 3.63) is 68.4 Å². The van der Waals surface area contributed by atoms with E-state index in [0.29, 0.717) is 4.47 Å². The van der Waals surface area contributed by atoms with Crippen molar-refractivity contribution in [1.29, 1.82) is 0 Å². The smallest absolute Gasteiger partial charge is 0.137 e. The minimum absolute atomic E-state index is 0.0988. The average molecular weight is 402 g/mol. The molecule has 0 aliphatic heterocycles. The van der Waals surface area contributed by atoms with Crippen LogP contribution >= 0.6 is 31.9 Å². The Hall–Kier alpha value is -0.750. The molecule has 3 N–H and O–H groups in total. The normalized spacial score (nSPS) is 12.4. The fraction of sp³-hybridized carbons (Fsp3) is 0.200. The fourth-order valence-corrected chi connectivity index (χ4v) is 2.96. The van der Waals surface area contributed by atoms with Crippen LogP contribution < -0.4 is 11.3 Å². The Morgan fingerprint density at radius 1 is 1.05 bits per heavy atom. The molecule has 0 saturated heterocycles. The summed E-state index contributed by atoms with van der Waals surface area (Å²) in [6.07, 6.45) is 1.55. The van der Waals surface area contributed by atoms with Crippen LogP contribution in [0.25, 0.3) is 0 Å². The van der Waals surface area contributed by atoms with Crippen molar-refractivity contribution in [2.45, 2.75) is 18.9 Å². The predicted molar refractivity (Wildman–Crippen MR) is 86.8 cm³/mol. The van der Waals surface area contributed by atoms with E-state index in [-0.39, 0.29) is 11.9 Å². The van der Waals surface area contributed by atoms with Crippen LogP contribution in [-0.2, 0) is 12.8 Å². The quantitative estimate of drug-likeness (QED) is 0.587. The highest BCUT2D eigenvalue weighted by Crippen LogP contribution is 2.19. The maximum Gasteiger partial charge on any atom is 0.137 e. The first kappa shape index (κ1) is 15.6. The molecule has 2 nitrogen and oxygen atoms in total. The van der Waals surface area contributed by atoms with Crippen molar-refractivity contribution in [3.8, 4) is 0 Å². The first-order valence-corrected chi connectivity index (χ1v) is 7.81. The first-order chi connectivity index (χ1) is 9.58. The third-order valence-electron chi connectivity index (χ3n) is 3.07. The summed E-state index contributed by atoms with van der Waals surface area (Å²) in [7, 11) is 0. The molecule has 2 rings (SSSR count). The van der Waals surface area contributed by atoms with E-state index >= 15 is 0 Å². The van der Waals surface area contributed by atoms with Crippen LogP contribution in [0.1, 0.15) is 11.1 Å². The zero-order valence-electron chi connectivity index (χ0n) is 10.7. The molecule has 5 heteroatoms. The minimum Gasteiger partial charge on any atom is -0.271 e. The number of hydrogen-bond donors (Lipinski definition) is 2. The van der Waals surface area contributed by atoms with Gasteiger partial charge in [0.2, 0.25) is 0 Å². The molecule has 0 radical (unpaired) electrons. The van der Waals surface area contributed by atoms with Crippen molar-refractivity contribution in [2.75, 3.05) is 0 Å². The molecule has 0 saturated carbocycles. The Morgan fingerprint density at radius 2 is 1.75 bits per heavy atom. The fourth-order valence-electron chi connectivity index (χ4n) is 2.09. The molecule has 0 aliphatic carbocycles. The van der Waals surface area contributed by atoms with Gasteiger partial charge in [0.15, 0.2) is 0 Å². The number of rotatable bonds is 5. The Balaban J connectivity index is 2.07. The van der Waals surface area contributed by atoms with Gasteiger partial charge in [-0.05, 0) is 64.2 Å². The molecule has 1 atom stereocenters. The second-order valence-corrected chi connectivity index (χ2v) is 6.42. The number of hydrazine groups is 1. The lowest BCUT2D eigenvalue weighted by molar-refractivity contribution is 0.521. The third-order valence-corrected chi connectivity index (χ3v) is 4.17. The lowest BCUT2D eigenvalue weighted by Gasteiger charge is -2.16.